The van der Waals surface area contributed by atoms with Crippen molar-refractivity contribution in [2.24, 2.45) is 0 Å². The second-order valence-electron chi connectivity index (χ2n) is 4.88. The van der Waals surface area contributed by atoms with Crippen LogP contribution in [0, 0.1) is 0 Å². The maximum absolute atomic E-state index is 6.94. The molecule has 0 atom stereocenters. The van der Waals surface area contributed by atoms with Crippen LogP contribution in [0.3, 0.4) is 0 Å². The Morgan fingerprint density at radius 3 is 1.74 bits per heavy atom. The summed E-state index contributed by atoms with van der Waals surface area (Å²) in [6, 6.07) is 16.5. The maximum atomic E-state index is 6.94. The number of fused-ring (bicyclic) bond motifs is 2. The van der Waals surface area contributed by atoms with Gasteiger partial charge in [-0.25, -0.2) is 0 Å². The van der Waals surface area contributed by atoms with Gasteiger partial charge < -0.3 is 0 Å². The van der Waals surface area contributed by atoms with Crippen molar-refractivity contribution in [3.05, 3.63) is 82.4 Å². The van der Waals surface area contributed by atoms with E-state index in [0.29, 0.717) is 5.03 Å². The van der Waals surface area contributed by atoms with Crippen LogP contribution in [0.15, 0.2) is 60.1 Å². The molecule has 1 aliphatic carbocycles. The fourth-order valence-corrected chi connectivity index (χ4v) is 3.43. The van der Waals surface area contributed by atoms with Crippen molar-refractivity contribution in [2.45, 2.75) is 17.7 Å². The van der Waals surface area contributed by atoms with Crippen LogP contribution >= 0.6 is 23.2 Å². The van der Waals surface area contributed by atoms with Crippen LogP contribution in [0.1, 0.15) is 22.3 Å². The van der Waals surface area contributed by atoms with E-state index in [-0.39, 0.29) is 0 Å². The van der Waals surface area contributed by atoms with E-state index in [4.69, 9.17) is 23.2 Å². The average molecular weight is 289 g/mol. The molecule has 2 aromatic rings. The molecule has 0 N–H and O–H groups in total. The van der Waals surface area contributed by atoms with Crippen LogP contribution in [-0.4, -0.2) is 0 Å². The summed E-state index contributed by atoms with van der Waals surface area (Å²) in [5.41, 5.74) is 4.61. The predicted molar refractivity (Wildman–Crippen MR) is 81.9 cm³/mol. The van der Waals surface area contributed by atoms with Crippen LogP contribution in [0.4, 0.5) is 0 Å². The molecule has 0 saturated heterocycles. The highest BCUT2D eigenvalue weighted by Crippen LogP contribution is 2.48. The third kappa shape index (κ3) is 1.91. The largest absolute Gasteiger partial charge is 0.130 e. The molecular weight excluding hydrogens is 275 g/mol. The number of hydrogen-bond acceptors (Lipinski definition) is 0. The molecule has 96 valence electrons. The molecule has 3 rings (SSSR count). The molecule has 0 fully saturated rings. The zero-order valence-corrected chi connectivity index (χ0v) is 12.0. The highest BCUT2D eigenvalue weighted by Gasteiger charge is 2.39. The zero-order chi connectivity index (χ0) is 13.5. The van der Waals surface area contributed by atoms with Gasteiger partial charge in [0, 0.05) is 5.03 Å². The van der Waals surface area contributed by atoms with E-state index in [9.17, 15) is 0 Å². The summed E-state index contributed by atoms with van der Waals surface area (Å²) in [5, 5.41) is 0.455. The Balaban J connectivity index is 2.35. The van der Waals surface area contributed by atoms with E-state index in [1.54, 1.807) is 0 Å². The Kier molecular flexibility index (Phi) is 3.16. The summed E-state index contributed by atoms with van der Waals surface area (Å²) in [7, 11) is 0. The topological polar surface area (TPSA) is 0 Å². The van der Waals surface area contributed by atoms with E-state index < -0.39 is 4.87 Å². The van der Waals surface area contributed by atoms with Gasteiger partial charge in [0.2, 0.25) is 0 Å². The van der Waals surface area contributed by atoms with Crippen molar-refractivity contribution >= 4 is 23.2 Å². The Bertz CT molecular complexity index is 596. The lowest BCUT2D eigenvalue weighted by Gasteiger charge is -2.29. The van der Waals surface area contributed by atoms with Crippen molar-refractivity contribution in [1.29, 1.82) is 0 Å². The van der Waals surface area contributed by atoms with Crippen LogP contribution in [0.25, 0.3) is 0 Å². The van der Waals surface area contributed by atoms with Gasteiger partial charge in [-0.05, 0) is 35.1 Å². The first kappa shape index (κ1) is 12.8. The first-order valence-corrected chi connectivity index (χ1v) is 7.10. The fourth-order valence-electron chi connectivity index (χ4n) is 2.86. The summed E-state index contributed by atoms with van der Waals surface area (Å²) < 4.78 is 0. The highest BCUT2D eigenvalue weighted by molar-refractivity contribution is 6.40. The van der Waals surface area contributed by atoms with E-state index in [1.807, 2.05) is 24.3 Å². The predicted octanol–water partition coefficient (Wildman–Crippen LogP) is 5.02. The highest BCUT2D eigenvalue weighted by atomic mass is 35.5. The Hall–Kier alpha value is -1.24. The van der Waals surface area contributed by atoms with Gasteiger partial charge in [0.1, 0.15) is 4.87 Å². The fraction of sp³-hybridized carbons (Fsp3) is 0.176. The number of hydrogen-bond donors (Lipinski definition) is 0. The molecule has 19 heavy (non-hydrogen) atoms. The normalized spacial score (nSPS) is 16.1. The van der Waals surface area contributed by atoms with Gasteiger partial charge >= 0.3 is 0 Å². The van der Waals surface area contributed by atoms with E-state index in [2.05, 4.69) is 30.8 Å². The molecule has 0 radical (unpaired) electrons. The zero-order valence-electron chi connectivity index (χ0n) is 10.5. The smallest absolute Gasteiger partial charge is 0.103 e. The maximum Gasteiger partial charge on any atom is 0.130 e. The molecule has 0 amide bonds. The molecule has 0 nitrogen and oxygen atoms in total. The van der Waals surface area contributed by atoms with Gasteiger partial charge in [-0.2, -0.15) is 0 Å². The average Bonchev–Trinajstić information content (AvgIpc) is 2.56. The second kappa shape index (κ2) is 4.70. The monoisotopic (exact) mass is 288 g/mol. The summed E-state index contributed by atoms with van der Waals surface area (Å²) in [6.07, 6.45) is 1.96. The summed E-state index contributed by atoms with van der Waals surface area (Å²) in [4.78, 5) is -0.828. The minimum absolute atomic E-state index is 0.455. The number of halogens is 2. The molecule has 0 heterocycles. The van der Waals surface area contributed by atoms with Crippen molar-refractivity contribution in [3.8, 4) is 0 Å². The number of alkyl halides is 1. The molecule has 0 aromatic heterocycles. The van der Waals surface area contributed by atoms with Crippen molar-refractivity contribution in [1.82, 2.24) is 0 Å². The first-order chi connectivity index (χ1) is 9.14. The molecule has 0 saturated carbocycles. The molecule has 1 aliphatic rings. The number of rotatable bonds is 1. The number of benzene rings is 2. The summed E-state index contributed by atoms with van der Waals surface area (Å²) >= 11 is 13.2. The molecule has 2 aromatic carbocycles. The molecule has 0 aliphatic heterocycles. The van der Waals surface area contributed by atoms with Crippen molar-refractivity contribution < 1.29 is 0 Å². The third-order valence-electron chi connectivity index (χ3n) is 3.81. The minimum atomic E-state index is -0.828. The molecule has 0 spiro atoms. The summed E-state index contributed by atoms with van der Waals surface area (Å²) in [6.45, 7) is 3.92. The van der Waals surface area contributed by atoms with E-state index >= 15 is 0 Å². The standard InChI is InChI=1S/C17H14Cl2/c1-12(18)17(19)15-8-4-2-6-13(15)10-11-14-7-3-5-9-16(14)17/h2-9H,1,10-11H2. The van der Waals surface area contributed by atoms with Crippen LogP contribution in [0.5, 0.6) is 0 Å². The summed E-state index contributed by atoms with van der Waals surface area (Å²) in [5.74, 6) is 0. The third-order valence-corrected chi connectivity index (χ3v) is 4.83. The lowest BCUT2D eigenvalue weighted by molar-refractivity contribution is 0.897. The van der Waals surface area contributed by atoms with Crippen molar-refractivity contribution in [3.63, 3.8) is 0 Å². The Morgan fingerprint density at radius 2 is 1.32 bits per heavy atom. The SMILES string of the molecule is C=C(Cl)C1(Cl)c2ccccc2CCc2ccccc21. The van der Waals surface area contributed by atoms with Gasteiger partial charge in [-0.1, -0.05) is 66.7 Å². The van der Waals surface area contributed by atoms with Gasteiger partial charge in [-0.3, -0.25) is 0 Å². The van der Waals surface area contributed by atoms with Gasteiger partial charge in [-0.15, -0.1) is 11.6 Å². The minimum Gasteiger partial charge on any atom is -0.103 e. The van der Waals surface area contributed by atoms with Gasteiger partial charge in [0.05, 0.1) is 0 Å². The Labute approximate surface area is 123 Å². The lowest BCUT2D eigenvalue weighted by Crippen LogP contribution is -2.22. The van der Waals surface area contributed by atoms with Crippen molar-refractivity contribution in [2.75, 3.05) is 0 Å². The Morgan fingerprint density at radius 1 is 0.895 bits per heavy atom. The number of allylic oxidation sites excluding steroid dienone is 1. The second-order valence-corrected chi connectivity index (χ2v) is 5.90. The molecule has 0 bridgehead atoms. The van der Waals surface area contributed by atoms with Gasteiger partial charge in [0.25, 0.3) is 0 Å². The van der Waals surface area contributed by atoms with Gasteiger partial charge in [0.15, 0.2) is 0 Å². The molecule has 2 heteroatoms. The van der Waals surface area contributed by atoms with E-state index in [1.165, 1.54) is 11.1 Å². The van der Waals surface area contributed by atoms with E-state index in [0.717, 1.165) is 24.0 Å². The molecular formula is C17H14Cl2. The number of aryl methyl sites for hydroxylation is 2. The first-order valence-electron chi connectivity index (χ1n) is 6.34. The molecule has 0 unspecified atom stereocenters. The van der Waals surface area contributed by atoms with Crippen LogP contribution in [-0.2, 0) is 17.7 Å². The van der Waals surface area contributed by atoms with Crippen LogP contribution in [0.2, 0.25) is 0 Å². The quantitative estimate of drug-likeness (QED) is 0.647. The lowest BCUT2D eigenvalue weighted by atomic mass is 9.87. The van der Waals surface area contributed by atoms with Crippen LogP contribution < -0.4 is 0 Å².